The Kier molecular flexibility index (Phi) is 5.05. The molecule has 0 atom stereocenters. The van der Waals surface area contributed by atoms with Crippen LogP contribution in [0, 0.1) is 0 Å². The molecule has 100 valence electrons. The van der Waals surface area contributed by atoms with Crippen LogP contribution in [0.1, 0.15) is 26.3 Å². The molecule has 3 nitrogen and oxygen atoms in total. The van der Waals surface area contributed by atoms with Crippen LogP contribution in [-0.4, -0.2) is 23.6 Å². The van der Waals surface area contributed by atoms with Crippen molar-refractivity contribution < 1.29 is 9.53 Å². The lowest BCUT2D eigenvalue weighted by Gasteiger charge is -2.25. The SMILES string of the molecule is CN(Cc1cc(Cl)ccc1Br)C(=O)OC(C)(C)C. The lowest BCUT2D eigenvalue weighted by Crippen LogP contribution is -2.33. The lowest BCUT2D eigenvalue weighted by atomic mass is 10.2. The molecule has 0 saturated heterocycles. The summed E-state index contributed by atoms with van der Waals surface area (Å²) in [6.07, 6.45) is -0.352. The van der Waals surface area contributed by atoms with Crippen LogP contribution >= 0.6 is 27.5 Å². The third-order valence-corrected chi connectivity index (χ3v) is 3.13. The highest BCUT2D eigenvalue weighted by atomic mass is 79.9. The van der Waals surface area contributed by atoms with Gasteiger partial charge in [0.15, 0.2) is 0 Å². The molecule has 0 heterocycles. The summed E-state index contributed by atoms with van der Waals surface area (Å²) >= 11 is 9.36. The molecule has 0 aliphatic carbocycles. The molecule has 1 rings (SSSR count). The second-order valence-electron chi connectivity index (χ2n) is 5.07. The standard InChI is InChI=1S/C13H17BrClNO2/c1-13(2,3)18-12(17)16(4)8-9-7-10(15)5-6-11(9)14/h5-7H,8H2,1-4H3. The Labute approximate surface area is 121 Å². The van der Waals surface area contributed by atoms with Gasteiger partial charge in [0.25, 0.3) is 0 Å². The summed E-state index contributed by atoms with van der Waals surface area (Å²) in [5.74, 6) is 0. The molecule has 0 aromatic heterocycles. The van der Waals surface area contributed by atoms with Crippen LogP contribution in [0.25, 0.3) is 0 Å². The molecule has 0 unspecified atom stereocenters. The van der Waals surface area contributed by atoms with Gasteiger partial charge in [-0.2, -0.15) is 0 Å². The van der Waals surface area contributed by atoms with Crippen LogP contribution in [0.5, 0.6) is 0 Å². The molecule has 0 N–H and O–H groups in total. The smallest absolute Gasteiger partial charge is 0.410 e. The van der Waals surface area contributed by atoms with Crippen molar-refractivity contribution in [3.63, 3.8) is 0 Å². The van der Waals surface area contributed by atoms with Gasteiger partial charge in [-0.1, -0.05) is 27.5 Å². The van der Waals surface area contributed by atoms with Gasteiger partial charge < -0.3 is 9.64 Å². The van der Waals surface area contributed by atoms with Gasteiger partial charge in [-0.15, -0.1) is 0 Å². The first-order chi connectivity index (χ1) is 8.19. The Morgan fingerprint density at radius 3 is 2.61 bits per heavy atom. The normalized spacial score (nSPS) is 11.2. The van der Waals surface area contributed by atoms with Gasteiger partial charge in [0.05, 0.1) is 0 Å². The number of hydrogen-bond donors (Lipinski definition) is 0. The molecule has 0 spiro atoms. The first-order valence-corrected chi connectivity index (χ1v) is 6.74. The first kappa shape index (κ1) is 15.3. The minimum Gasteiger partial charge on any atom is -0.444 e. The summed E-state index contributed by atoms with van der Waals surface area (Å²) in [5, 5.41) is 0.644. The van der Waals surface area contributed by atoms with E-state index in [0.29, 0.717) is 11.6 Å². The van der Waals surface area contributed by atoms with Gasteiger partial charge in [-0.05, 0) is 44.5 Å². The monoisotopic (exact) mass is 333 g/mol. The molecule has 0 aliphatic rings. The van der Waals surface area contributed by atoms with Crippen LogP contribution in [-0.2, 0) is 11.3 Å². The number of benzene rings is 1. The van der Waals surface area contributed by atoms with E-state index in [0.717, 1.165) is 10.0 Å². The van der Waals surface area contributed by atoms with E-state index >= 15 is 0 Å². The van der Waals surface area contributed by atoms with Crippen molar-refractivity contribution in [2.24, 2.45) is 0 Å². The lowest BCUT2D eigenvalue weighted by molar-refractivity contribution is 0.0285. The maximum atomic E-state index is 11.8. The fraction of sp³-hybridized carbons (Fsp3) is 0.462. The molecule has 5 heteroatoms. The molecule has 0 aliphatic heterocycles. The zero-order valence-corrected chi connectivity index (χ0v) is 13.3. The molecule has 0 fully saturated rings. The fourth-order valence-corrected chi connectivity index (χ4v) is 1.89. The van der Waals surface area contributed by atoms with Crippen LogP contribution in [0.2, 0.25) is 5.02 Å². The van der Waals surface area contributed by atoms with Crippen molar-refractivity contribution in [3.8, 4) is 0 Å². The molecule has 0 radical (unpaired) electrons. The van der Waals surface area contributed by atoms with E-state index in [1.54, 1.807) is 13.1 Å². The van der Waals surface area contributed by atoms with E-state index in [4.69, 9.17) is 16.3 Å². The number of carbonyl (C=O) groups excluding carboxylic acids is 1. The van der Waals surface area contributed by atoms with E-state index in [1.165, 1.54) is 4.90 Å². The van der Waals surface area contributed by atoms with E-state index in [2.05, 4.69) is 15.9 Å². The third-order valence-electron chi connectivity index (χ3n) is 2.12. The molecule has 1 aromatic rings. The Morgan fingerprint density at radius 2 is 2.06 bits per heavy atom. The number of carbonyl (C=O) groups is 1. The number of halogens is 2. The summed E-state index contributed by atoms with van der Waals surface area (Å²) < 4.78 is 6.20. The second-order valence-corrected chi connectivity index (χ2v) is 6.36. The summed E-state index contributed by atoms with van der Waals surface area (Å²) in [5.41, 5.74) is 0.451. The minimum absolute atomic E-state index is 0.352. The number of nitrogens with zero attached hydrogens (tertiary/aromatic N) is 1. The Balaban J connectivity index is 2.72. The van der Waals surface area contributed by atoms with Crippen LogP contribution in [0.4, 0.5) is 4.79 Å². The maximum absolute atomic E-state index is 11.8. The van der Waals surface area contributed by atoms with E-state index in [-0.39, 0.29) is 6.09 Å². The molecular weight excluding hydrogens is 318 g/mol. The predicted octanol–water partition coefficient (Wildman–Crippen LogP) is 4.47. The van der Waals surface area contributed by atoms with Gasteiger partial charge in [0.2, 0.25) is 0 Å². The van der Waals surface area contributed by atoms with Gasteiger partial charge in [0, 0.05) is 23.1 Å². The summed E-state index contributed by atoms with van der Waals surface area (Å²) in [6, 6.07) is 5.48. The average Bonchev–Trinajstić information content (AvgIpc) is 2.21. The fourth-order valence-electron chi connectivity index (χ4n) is 1.32. The van der Waals surface area contributed by atoms with Gasteiger partial charge in [-0.25, -0.2) is 4.79 Å². The Hall–Kier alpha value is -0.740. The van der Waals surface area contributed by atoms with Crippen molar-refractivity contribution >= 4 is 33.6 Å². The summed E-state index contributed by atoms with van der Waals surface area (Å²) in [6.45, 7) is 5.96. The Morgan fingerprint density at radius 1 is 1.44 bits per heavy atom. The van der Waals surface area contributed by atoms with Gasteiger partial charge in [-0.3, -0.25) is 0 Å². The molecule has 1 amide bonds. The quantitative estimate of drug-likeness (QED) is 0.798. The highest BCUT2D eigenvalue weighted by Gasteiger charge is 2.20. The largest absolute Gasteiger partial charge is 0.444 e. The third kappa shape index (κ3) is 4.86. The zero-order chi connectivity index (χ0) is 13.9. The van der Waals surface area contributed by atoms with Crippen molar-refractivity contribution in [1.29, 1.82) is 0 Å². The van der Waals surface area contributed by atoms with Crippen LogP contribution in [0.3, 0.4) is 0 Å². The minimum atomic E-state index is -0.489. The van der Waals surface area contributed by atoms with Gasteiger partial charge in [0.1, 0.15) is 5.60 Å². The molecule has 1 aromatic carbocycles. The van der Waals surface area contributed by atoms with Crippen molar-refractivity contribution in [3.05, 3.63) is 33.3 Å². The topological polar surface area (TPSA) is 29.5 Å². The molecule has 0 bridgehead atoms. The van der Waals surface area contributed by atoms with Crippen LogP contribution < -0.4 is 0 Å². The number of ether oxygens (including phenoxy) is 1. The maximum Gasteiger partial charge on any atom is 0.410 e. The van der Waals surface area contributed by atoms with Crippen molar-refractivity contribution in [2.45, 2.75) is 32.9 Å². The molecule has 18 heavy (non-hydrogen) atoms. The van der Waals surface area contributed by atoms with E-state index in [9.17, 15) is 4.79 Å². The van der Waals surface area contributed by atoms with E-state index < -0.39 is 5.60 Å². The van der Waals surface area contributed by atoms with Crippen molar-refractivity contribution in [1.82, 2.24) is 4.90 Å². The highest BCUT2D eigenvalue weighted by molar-refractivity contribution is 9.10. The average molecular weight is 335 g/mol. The van der Waals surface area contributed by atoms with Gasteiger partial charge >= 0.3 is 6.09 Å². The number of rotatable bonds is 2. The Bertz CT molecular complexity index is 443. The first-order valence-electron chi connectivity index (χ1n) is 5.57. The molecule has 0 saturated carbocycles. The number of hydrogen-bond acceptors (Lipinski definition) is 2. The van der Waals surface area contributed by atoms with Crippen molar-refractivity contribution in [2.75, 3.05) is 7.05 Å². The highest BCUT2D eigenvalue weighted by Crippen LogP contribution is 2.22. The predicted molar refractivity (Wildman–Crippen MR) is 76.9 cm³/mol. The zero-order valence-electron chi connectivity index (χ0n) is 11.0. The van der Waals surface area contributed by atoms with Crippen LogP contribution in [0.15, 0.2) is 22.7 Å². The number of amides is 1. The second kappa shape index (κ2) is 5.93. The van der Waals surface area contributed by atoms with E-state index in [1.807, 2.05) is 32.9 Å². The summed E-state index contributed by atoms with van der Waals surface area (Å²) in [4.78, 5) is 13.3. The summed E-state index contributed by atoms with van der Waals surface area (Å²) in [7, 11) is 1.70. The molecular formula is C13H17BrClNO2.